The van der Waals surface area contributed by atoms with Crippen molar-refractivity contribution in [3.8, 4) is 0 Å². The van der Waals surface area contributed by atoms with E-state index >= 15 is 0 Å². The molecule has 0 aromatic carbocycles. The van der Waals surface area contributed by atoms with E-state index in [1.165, 1.54) is 13.2 Å². The second-order valence-electron chi connectivity index (χ2n) is 4.19. The van der Waals surface area contributed by atoms with Gasteiger partial charge in [0.25, 0.3) is 0 Å². The molecular formula is C11H18O6. The van der Waals surface area contributed by atoms with E-state index in [1.807, 2.05) is 0 Å². The standard InChI is InChI=1S/C11H18O6/c1-11(2)16-8(6-12)10(17-11)7(13)4-5-9(14)15-3/h4-5,7-8,10,12-13H,6H2,1-3H3/b5-4+/t7-,8-,10+/m0/s1. The van der Waals surface area contributed by atoms with Gasteiger partial charge in [-0.15, -0.1) is 0 Å². The minimum absolute atomic E-state index is 0.267. The fourth-order valence-electron chi connectivity index (χ4n) is 1.65. The molecule has 0 spiro atoms. The van der Waals surface area contributed by atoms with Crippen molar-refractivity contribution < 1.29 is 29.2 Å². The van der Waals surface area contributed by atoms with E-state index in [2.05, 4.69) is 4.74 Å². The molecule has 2 N–H and O–H groups in total. The Hall–Kier alpha value is -0.950. The molecule has 0 aromatic heterocycles. The highest BCUT2D eigenvalue weighted by Gasteiger charge is 2.43. The summed E-state index contributed by atoms with van der Waals surface area (Å²) in [4.78, 5) is 10.9. The van der Waals surface area contributed by atoms with Gasteiger partial charge in [-0.2, -0.15) is 0 Å². The van der Waals surface area contributed by atoms with Gasteiger partial charge in [0.15, 0.2) is 5.79 Å². The molecule has 0 radical (unpaired) electrons. The van der Waals surface area contributed by atoms with E-state index in [-0.39, 0.29) is 6.61 Å². The highest BCUT2D eigenvalue weighted by Crippen LogP contribution is 2.30. The van der Waals surface area contributed by atoms with Crippen molar-refractivity contribution in [3.05, 3.63) is 12.2 Å². The molecule has 0 amide bonds. The molecule has 98 valence electrons. The van der Waals surface area contributed by atoms with Gasteiger partial charge in [0.2, 0.25) is 0 Å². The zero-order valence-corrected chi connectivity index (χ0v) is 10.1. The van der Waals surface area contributed by atoms with Gasteiger partial charge < -0.3 is 24.4 Å². The fraction of sp³-hybridized carbons (Fsp3) is 0.727. The number of aliphatic hydroxyl groups is 2. The largest absolute Gasteiger partial charge is 0.466 e. The van der Waals surface area contributed by atoms with Crippen LogP contribution in [-0.2, 0) is 19.0 Å². The molecule has 3 atom stereocenters. The van der Waals surface area contributed by atoms with Crippen LogP contribution in [0.5, 0.6) is 0 Å². The smallest absolute Gasteiger partial charge is 0.330 e. The normalized spacial score (nSPS) is 29.5. The van der Waals surface area contributed by atoms with E-state index < -0.39 is 30.1 Å². The van der Waals surface area contributed by atoms with Crippen LogP contribution in [-0.4, -0.2) is 54.0 Å². The molecular weight excluding hydrogens is 228 g/mol. The van der Waals surface area contributed by atoms with Crippen LogP contribution in [0.25, 0.3) is 0 Å². The molecule has 1 heterocycles. The number of methoxy groups -OCH3 is 1. The minimum atomic E-state index is -1.05. The number of aliphatic hydroxyl groups excluding tert-OH is 2. The van der Waals surface area contributed by atoms with Crippen LogP contribution >= 0.6 is 0 Å². The van der Waals surface area contributed by atoms with Gasteiger partial charge in [-0.3, -0.25) is 0 Å². The van der Waals surface area contributed by atoms with E-state index in [0.717, 1.165) is 6.08 Å². The summed E-state index contributed by atoms with van der Waals surface area (Å²) in [6.07, 6.45) is -0.0243. The van der Waals surface area contributed by atoms with Crippen LogP contribution in [0.2, 0.25) is 0 Å². The molecule has 0 aromatic rings. The van der Waals surface area contributed by atoms with E-state index in [1.54, 1.807) is 13.8 Å². The lowest BCUT2D eigenvalue weighted by Gasteiger charge is -2.19. The van der Waals surface area contributed by atoms with Crippen LogP contribution in [0.1, 0.15) is 13.8 Å². The Morgan fingerprint density at radius 3 is 2.71 bits per heavy atom. The Morgan fingerprint density at radius 2 is 2.18 bits per heavy atom. The lowest BCUT2D eigenvalue weighted by molar-refractivity contribution is -0.154. The van der Waals surface area contributed by atoms with Crippen molar-refractivity contribution in [2.24, 2.45) is 0 Å². The van der Waals surface area contributed by atoms with E-state index in [0.29, 0.717) is 0 Å². The predicted octanol–water partition coefficient (Wildman–Crippen LogP) is -0.411. The summed E-state index contributed by atoms with van der Waals surface area (Å²) in [7, 11) is 1.24. The summed E-state index contributed by atoms with van der Waals surface area (Å²) >= 11 is 0. The maximum Gasteiger partial charge on any atom is 0.330 e. The van der Waals surface area contributed by atoms with Crippen molar-refractivity contribution in [2.45, 2.75) is 37.9 Å². The van der Waals surface area contributed by atoms with Crippen molar-refractivity contribution in [2.75, 3.05) is 13.7 Å². The second-order valence-corrected chi connectivity index (χ2v) is 4.19. The summed E-state index contributed by atoms with van der Waals surface area (Å²) < 4.78 is 15.2. The van der Waals surface area contributed by atoms with Gasteiger partial charge in [-0.25, -0.2) is 4.79 Å². The predicted molar refractivity (Wildman–Crippen MR) is 58.1 cm³/mol. The average molecular weight is 246 g/mol. The number of rotatable bonds is 4. The van der Waals surface area contributed by atoms with Gasteiger partial charge in [0, 0.05) is 6.08 Å². The summed E-state index contributed by atoms with van der Waals surface area (Å²) in [5.41, 5.74) is 0. The molecule has 6 heteroatoms. The van der Waals surface area contributed by atoms with Gasteiger partial charge in [-0.05, 0) is 19.9 Å². The highest BCUT2D eigenvalue weighted by molar-refractivity contribution is 5.81. The molecule has 1 saturated heterocycles. The quantitative estimate of drug-likeness (QED) is 0.518. The Bertz CT molecular complexity index is 298. The fourth-order valence-corrected chi connectivity index (χ4v) is 1.65. The Balaban J connectivity index is 2.65. The van der Waals surface area contributed by atoms with Gasteiger partial charge >= 0.3 is 5.97 Å². The monoisotopic (exact) mass is 246 g/mol. The summed E-state index contributed by atoms with van der Waals surface area (Å²) in [6.45, 7) is 3.11. The van der Waals surface area contributed by atoms with Crippen molar-refractivity contribution in [1.82, 2.24) is 0 Å². The molecule has 0 aliphatic carbocycles. The van der Waals surface area contributed by atoms with Gasteiger partial charge in [-0.1, -0.05) is 0 Å². The van der Waals surface area contributed by atoms with Gasteiger partial charge in [0.05, 0.1) is 13.7 Å². The first-order valence-corrected chi connectivity index (χ1v) is 5.30. The number of carbonyl (C=O) groups excluding carboxylic acids is 1. The van der Waals surface area contributed by atoms with E-state index in [9.17, 15) is 9.90 Å². The molecule has 1 aliphatic heterocycles. The Kier molecular flexibility index (Phi) is 4.64. The molecule has 17 heavy (non-hydrogen) atoms. The number of carbonyl (C=O) groups is 1. The maximum absolute atomic E-state index is 10.9. The third kappa shape index (κ3) is 3.78. The molecule has 1 fully saturated rings. The molecule has 6 nitrogen and oxygen atoms in total. The summed E-state index contributed by atoms with van der Waals surface area (Å²) in [6, 6.07) is 0. The molecule has 0 bridgehead atoms. The molecule has 0 saturated carbocycles. The third-order valence-electron chi connectivity index (χ3n) is 2.37. The van der Waals surface area contributed by atoms with Crippen molar-refractivity contribution in [1.29, 1.82) is 0 Å². The van der Waals surface area contributed by atoms with E-state index in [4.69, 9.17) is 14.6 Å². The summed E-state index contributed by atoms with van der Waals surface area (Å²) in [5, 5.41) is 18.9. The lowest BCUT2D eigenvalue weighted by atomic mass is 10.1. The number of hydrogen-bond donors (Lipinski definition) is 2. The third-order valence-corrected chi connectivity index (χ3v) is 2.37. The zero-order chi connectivity index (χ0) is 13.1. The molecule has 1 aliphatic rings. The highest BCUT2D eigenvalue weighted by atomic mass is 16.8. The first-order chi connectivity index (χ1) is 7.89. The lowest BCUT2D eigenvalue weighted by Crippen LogP contribution is -2.36. The van der Waals surface area contributed by atoms with Crippen LogP contribution in [0.15, 0.2) is 12.2 Å². The van der Waals surface area contributed by atoms with Crippen LogP contribution in [0.3, 0.4) is 0 Å². The minimum Gasteiger partial charge on any atom is -0.466 e. The Labute approximate surface area is 99.8 Å². The first-order valence-electron chi connectivity index (χ1n) is 5.30. The Morgan fingerprint density at radius 1 is 1.53 bits per heavy atom. The van der Waals surface area contributed by atoms with Crippen molar-refractivity contribution in [3.63, 3.8) is 0 Å². The first kappa shape index (κ1) is 14.1. The average Bonchev–Trinajstić information content (AvgIpc) is 2.61. The van der Waals surface area contributed by atoms with Crippen LogP contribution in [0.4, 0.5) is 0 Å². The summed E-state index contributed by atoms with van der Waals surface area (Å²) in [5.74, 6) is -1.43. The second kappa shape index (κ2) is 5.59. The topological polar surface area (TPSA) is 85.2 Å². The van der Waals surface area contributed by atoms with Gasteiger partial charge in [0.1, 0.15) is 18.3 Å². The molecule has 0 unspecified atom stereocenters. The number of esters is 1. The molecule has 1 rings (SSSR count). The SMILES string of the molecule is COC(=O)/C=C/[C@H](O)[C@H]1OC(C)(C)O[C@H]1CO. The van der Waals surface area contributed by atoms with Crippen molar-refractivity contribution >= 4 is 5.97 Å². The number of ether oxygens (including phenoxy) is 3. The number of hydrogen-bond acceptors (Lipinski definition) is 6. The maximum atomic E-state index is 10.9. The van der Waals surface area contributed by atoms with Crippen LogP contribution < -0.4 is 0 Å². The van der Waals surface area contributed by atoms with Crippen LogP contribution in [0, 0.1) is 0 Å². The zero-order valence-electron chi connectivity index (χ0n) is 10.1.